The lowest BCUT2D eigenvalue weighted by molar-refractivity contribution is -0.176. The SMILES string of the molecule is Nc1ccccc1O.OO. The molecule has 1 aromatic rings. The van der Waals surface area contributed by atoms with Crippen molar-refractivity contribution < 1.29 is 15.6 Å². The highest BCUT2D eigenvalue weighted by Crippen LogP contribution is 2.16. The van der Waals surface area contributed by atoms with Crippen molar-refractivity contribution in [2.75, 3.05) is 5.73 Å². The number of nitrogen functional groups attached to an aromatic ring is 1. The predicted octanol–water partition coefficient (Wildman–Crippen LogP) is 0.992. The van der Waals surface area contributed by atoms with Crippen LogP contribution < -0.4 is 5.73 Å². The molecule has 10 heavy (non-hydrogen) atoms. The molecule has 1 rings (SSSR count). The molecule has 4 heteroatoms. The van der Waals surface area contributed by atoms with Crippen molar-refractivity contribution in [3.63, 3.8) is 0 Å². The van der Waals surface area contributed by atoms with Crippen LogP contribution >= 0.6 is 0 Å². The van der Waals surface area contributed by atoms with E-state index in [2.05, 4.69) is 0 Å². The molecule has 0 heterocycles. The van der Waals surface area contributed by atoms with Crippen LogP contribution in [-0.4, -0.2) is 15.6 Å². The molecule has 1 aromatic carbocycles. The molecule has 56 valence electrons. The number of benzene rings is 1. The predicted molar refractivity (Wildman–Crippen MR) is 37.8 cm³/mol. The first-order valence-electron chi connectivity index (χ1n) is 2.54. The topological polar surface area (TPSA) is 86.7 Å². The van der Waals surface area contributed by atoms with Gasteiger partial charge in [-0.15, -0.1) is 0 Å². The van der Waals surface area contributed by atoms with Gasteiger partial charge in [0.05, 0.1) is 5.69 Å². The number of para-hydroxylation sites is 2. The molecule has 0 fully saturated rings. The number of anilines is 1. The molecule has 0 aromatic heterocycles. The molecule has 0 amide bonds. The Labute approximate surface area is 58.1 Å². The summed E-state index contributed by atoms with van der Waals surface area (Å²) in [5.41, 5.74) is 5.69. The number of hydrogen-bond acceptors (Lipinski definition) is 4. The van der Waals surface area contributed by atoms with Gasteiger partial charge in [0.2, 0.25) is 0 Å². The van der Waals surface area contributed by atoms with Crippen molar-refractivity contribution in [1.82, 2.24) is 0 Å². The molecule has 0 aliphatic rings. The van der Waals surface area contributed by atoms with Crippen molar-refractivity contribution in [2.45, 2.75) is 0 Å². The molecule has 0 saturated carbocycles. The van der Waals surface area contributed by atoms with Gasteiger partial charge in [-0.1, -0.05) is 12.1 Å². The van der Waals surface area contributed by atoms with Gasteiger partial charge in [0.25, 0.3) is 0 Å². The second kappa shape index (κ2) is 4.60. The fraction of sp³-hybridized carbons (Fsp3) is 0. The van der Waals surface area contributed by atoms with Gasteiger partial charge in [-0.2, -0.15) is 0 Å². The number of rotatable bonds is 0. The third kappa shape index (κ3) is 2.34. The van der Waals surface area contributed by atoms with Gasteiger partial charge in [-0.25, -0.2) is 0 Å². The van der Waals surface area contributed by atoms with E-state index in [0.29, 0.717) is 5.69 Å². The molecule has 0 spiro atoms. The van der Waals surface area contributed by atoms with Crippen LogP contribution in [0, 0.1) is 0 Å². The fourth-order valence-corrected chi connectivity index (χ4v) is 0.488. The van der Waals surface area contributed by atoms with E-state index in [1.807, 2.05) is 0 Å². The lowest BCUT2D eigenvalue weighted by Crippen LogP contribution is -1.82. The fourth-order valence-electron chi connectivity index (χ4n) is 0.488. The normalized spacial score (nSPS) is 7.80. The zero-order chi connectivity index (χ0) is 7.98. The van der Waals surface area contributed by atoms with Crippen molar-refractivity contribution in [2.24, 2.45) is 0 Å². The van der Waals surface area contributed by atoms with Crippen LogP contribution in [0.15, 0.2) is 24.3 Å². The van der Waals surface area contributed by atoms with Gasteiger partial charge in [-0.3, -0.25) is 10.5 Å². The first-order valence-corrected chi connectivity index (χ1v) is 2.54. The van der Waals surface area contributed by atoms with E-state index in [1.165, 1.54) is 0 Å². The van der Waals surface area contributed by atoms with Crippen LogP contribution in [-0.2, 0) is 0 Å². The van der Waals surface area contributed by atoms with Crippen LogP contribution in [0.2, 0.25) is 0 Å². The van der Waals surface area contributed by atoms with E-state index >= 15 is 0 Å². The number of phenols is 1. The van der Waals surface area contributed by atoms with Crippen molar-refractivity contribution in [3.8, 4) is 5.75 Å². The Hall–Kier alpha value is -1.26. The van der Waals surface area contributed by atoms with Crippen molar-refractivity contribution >= 4 is 5.69 Å². The van der Waals surface area contributed by atoms with E-state index in [1.54, 1.807) is 24.3 Å². The Morgan fingerprint density at radius 3 is 1.90 bits per heavy atom. The second-order valence-electron chi connectivity index (χ2n) is 1.56. The smallest absolute Gasteiger partial charge is 0.138 e. The largest absolute Gasteiger partial charge is 0.506 e. The summed E-state index contributed by atoms with van der Waals surface area (Å²) in [6.07, 6.45) is 0. The van der Waals surface area contributed by atoms with Crippen LogP contribution in [0.3, 0.4) is 0 Å². The van der Waals surface area contributed by atoms with Crippen LogP contribution in [0.5, 0.6) is 5.75 Å². The Morgan fingerprint density at radius 1 is 1.10 bits per heavy atom. The Bertz CT molecular complexity index is 169. The van der Waals surface area contributed by atoms with Gasteiger partial charge in [0, 0.05) is 0 Å². The lowest BCUT2D eigenvalue weighted by atomic mass is 10.3. The molecule has 0 saturated heterocycles. The highest BCUT2D eigenvalue weighted by atomic mass is 17.0. The maximum Gasteiger partial charge on any atom is 0.138 e. The van der Waals surface area contributed by atoms with Crippen LogP contribution in [0.1, 0.15) is 0 Å². The molecule has 0 aliphatic carbocycles. The van der Waals surface area contributed by atoms with Gasteiger partial charge in [0.1, 0.15) is 5.75 Å². The van der Waals surface area contributed by atoms with Crippen LogP contribution in [0.4, 0.5) is 5.69 Å². The Kier molecular flexibility index (Phi) is 4.02. The van der Waals surface area contributed by atoms with Gasteiger partial charge < -0.3 is 10.8 Å². The molecule has 4 nitrogen and oxygen atoms in total. The quantitative estimate of drug-likeness (QED) is 0.189. The molecule has 0 radical (unpaired) electrons. The maximum atomic E-state index is 8.79. The van der Waals surface area contributed by atoms with Crippen molar-refractivity contribution in [3.05, 3.63) is 24.3 Å². The summed E-state index contributed by atoms with van der Waals surface area (Å²) < 4.78 is 0. The molecule has 0 bridgehead atoms. The molecule has 5 N–H and O–H groups in total. The van der Waals surface area contributed by atoms with Gasteiger partial charge in [-0.05, 0) is 12.1 Å². The second-order valence-corrected chi connectivity index (χ2v) is 1.56. The minimum Gasteiger partial charge on any atom is -0.506 e. The number of nitrogens with two attached hydrogens (primary N) is 1. The number of phenolic OH excluding ortho intramolecular Hbond substituents is 1. The molecular formula is C6H9NO3. The molecule has 0 aliphatic heterocycles. The van der Waals surface area contributed by atoms with Gasteiger partial charge in [0.15, 0.2) is 0 Å². The van der Waals surface area contributed by atoms with E-state index < -0.39 is 0 Å². The first kappa shape index (κ1) is 8.74. The molecule has 0 atom stereocenters. The van der Waals surface area contributed by atoms with Crippen molar-refractivity contribution in [1.29, 1.82) is 0 Å². The Morgan fingerprint density at radius 2 is 1.60 bits per heavy atom. The monoisotopic (exact) mass is 143 g/mol. The maximum absolute atomic E-state index is 8.79. The third-order valence-electron chi connectivity index (χ3n) is 0.937. The summed E-state index contributed by atoms with van der Waals surface area (Å²) in [7, 11) is 0. The average molecular weight is 143 g/mol. The minimum atomic E-state index is 0.146. The third-order valence-corrected chi connectivity index (χ3v) is 0.937. The summed E-state index contributed by atoms with van der Waals surface area (Å²) in [6.45, 7) is 0. The van der Waals surface area contributed by atoms with E-state index in [0.717, 1.165) is 0 Å². The Balaban J connectivity index is 0.000000371. The van der Waals surface area contributed by atoms with Gasteiger partial charge >= 0.3 is 0 Å². The highest BCUT2D eigenvalue weighted by Gasteiger charge is 1.87. The molecule has 0 unspecified atom stereocenters. The number of hydrogen-bond donors (Lipinski definition) is 4. The lowest BCUT2D eigenvalue weighted by Gasteiger charge is -1.92. The average Bonchev–Trinajstić information content (AvgIpc) is 2.00. The zero-order valence-electron chi connectivity index (χ0n) is 5.23. The summed E-state index contributed by atoms with van der Waals surface area (Å²) in [5, 5.41) is 20.8. The zero-order valence-corrected chi connectivity index (χ0v) is 5.23. The highest BCUT2D eigenvalue weighted by molar-refractivity contribution is 5.50. The summed E-state index contributed by atoms with van der Waals surface area (Å²) >= 11 is 0. The van der Waals surface area contributed by atoms with E-state index in [-0.39, 0.29) is 5.75 Å². The standard InChI is InChI=1S/C6H7NO.H2O2/c7-5-3-1-2-4-6(5)8;1-2/h1-4,8H,7H2;1-2H. The molecular weight excluding hydrogens is 134 g/mol. The van der Waals surface area contributed by atoms with E-state index in [9.17, 15) is 0 Å². The summed E-state index contributed by atoms with van der Waals surface area (Å²) in [5.74, 6) is 0.146. The summed E-state index contributed by atoms with van der Waals surface area (Å²) in [4.78, 5) is 0. The first-order chi connectivity index (χ1) is 4.80. The van der Waals surface area contributed by atoms with Crippen LogP contribution in [0.25, 0.3) is 0 Å². The number of aromatic hydroxyl groups is 1. The summed E-state index contributed by atoms with van der Waals surface area (Å²) in [6, 6.07) is 6.70. The van der Waals surface area contributed by atoms with E-state index in [4.69, 9.17) is 21.4 Å². The minimum absolute atomic E-state index is 0.146.